The Morgan fingerprint density at radius 2 is 1.03 bits per heavy atom. The van der Waals surface area contributed by atoms with E-state index in [0.29, 0.717) is 28.6 Å². The van der Waals surface area contributed by atoms with E-state index in [-0.39, 0.29) is 0 Å². The maximum absolute atomic E-state index is 7.51. The predicted octanol–water partition coefficient (Wildman–Crippen LogP) is 14.3. The third kappa shape index (κ3) is 5.69. The summed E-state index contributed by atoms with van der Waals surface area (Å²) in [6.07, 6.45) is 8.50. The molecule has 4 aliphatic carbocycles. The van der Waals surface area contributed by atoms with Gasteiger partial charge in [0.15, 0.2) is 23.2 Å². The quantitative estimate of drug-likeness (QED) is 0.158. The Balaban J connectivity index is 1.00. The lowest BCUT2D eigenvalue weighted by atomic mass is 9.48. The molecular formula is C54H40N4O. The first-order valence-corrected chi connectivity index (χ1v) is 21.0. The fourth-order valence-electron chi connectivity index (χ4n) is 11.4. The van der Waals surface area contributed by atoms with Gasteiger partial charge in [0.25, 0.3) is 0 Å². The van der Waals surface area contributed by atoms with Crippen LogP contribution in [0.1, 0.15) is 44.1 Å². The zero-order valence-corrected chi connectivity index (χ0v) is 32.6. The minimum Gasteiger partial charge on any atom is -0.455 e. The third-order valence-corrected chi connectivity index (χ3v) is 13.7. The van der Waals surface area contributed by atoms with Crippen molar-refractivity contribution in [2.45, 2.75) is 43.9 Å². The molecule has 0 atom stereocenters. The van der Waals surface area contributed by atoms with E-state index in [9.17, 15) is 0 Å². The number of para-hydroxylation sites is 1. The molecule has 0 amide bonds. The molecule has 5 heteroatoms. The summed E-state index contributed by atoms with van der Waals surface area (Å²) in [6.45, 7) is 7.51. The van der Waals surface area contributed by atoms with Crippen molar-refractivity contribution in [2.24, 2.45) is 17.8 Å². The minimum absolute atomic E-state index is 0.380. The summed E-state index contributed by atoms with van der Waals surface area (Å²) in [4.78, 5) is 19.3. The first-order chi connectivity index (χ1) is 29.1. The Morgan fingerprint density at radius 3 is 1.73 bits per heavy atom. The molecule has 0 radical (unpaired) electrons. The summed E-state index contributed by atoms with van der Waals surface area (Å²) in [5, 5.41) is 4.28. The Kier molecular flexibility index (Phi) is 7.72. The van der Waals surface area contributed by atoms with Gasteiger partial charge in [0.05, 0.1) is 6.57 Å². The molecule has 5 nitrogen and oxygen atoms in total. The van der Waals surface area contributed by atoms with Gasteiger partial charge >= 0.3 is 0 Å². The highest BCUT2D eigenvalue weighted by atomic mass is 16.3. The molecule has 0 spiro atoms. The number of nitrogens with zero attached hydrogens (tertiary/aromatic N) is 4. The van der Waals surface area contributed by atoms with E-state index >= 15 is 0 Å². The summed E-state index contributed by atoms with van der Waals surface area (Å²) >= 11 is 0. The lowest BCUT2D eigenvalue weighted by Gasteiger charge is -2.57. The standard InChI is InChI=1S/C54H40N4O/c1-55-41-21-17-37(18-22-41)47-28-39(29-48-45-13-7-8-14-49(45)59-50(47)48)52-56-51(38-9-3-2-4-10-38)57-53(58-52)46-24-23-42(43-11-5-6-12-44(43)46)36-15-19-40(20-16-36)54-30-33-25-34(31-54)27-35(26-33)32-54/h2-24,28-29,33-35H,25-27,30-32H2. The number of rotatable bonds is 6. The maximum atomic E-state index is 7.51. The summed E-state index contributed by atoms with van der Waals surface area (Å²) < 4.78 is 6.51. The van der Waals surface area contributed by atoms with Gasteiger partial charge in [-0.15, -0.1) is 0 Å². The summed E-state index contributed by atoms with van der Waals surface area (Å²) in [5.74, 6) is 4.58. The Hall–Kier alpha value is -6.90. The first-order valence-electron chi connectivity index (χ1n) is 21.0. The van der Waals surface area contributed by atoms with Crippen LogP contribution in [0.3, 0.4) is 0 Å². The van der Waals surface area contributed by atoms with Crippen LogP contribution in [0.4, 0.5) is 5.69 Å². The van der Waals surface area contributed by atoms with E-state index in [1.54, 1.807) is 5.56 Å². The molecular weight excluding hydrogens is 721 g/mol. The van der Waals surface area contributed by atoms with Crippen LogP contribution in [0, 0.1) is 24.3 Å². The smallest absolute Gasteiger partial charge is 0.187 e. The van der Waals surface area contributed by atoms with Gasteiger partial charge < -0.3 is 4.42 Å². The monoisotopic (exact) mass is 760 g/mol. The fraction of sp³-hybridized carbons (Fsp3) is 0.185. The molecule has 0 saturated heterocycles. The molecule has 0 aliphatic heterocycles. The SMILES string of the molecule is [C-]#[N+]c1ccc(-c2cc(-c3nc(-c4ccccc4)nc(-c4ccc(-c5ccc(C67CC8CC(CC(C8)C6)C7)cc5)c5ccccc45)n3)cc3c2oc2ccccc23)cc1. The highest BCUT2D eigenvalue weighted by Gasteiger charge is 2.51. The molecule has 7 aromatic carbocycles. The van der Waals surface area contributed by atoms with Gasteiger partial charge in [0.2, 0.25) is 0 Å². The zero-order chi connectivity index (χ0) is 39.1. The van der Waals surface area contributed by atoms with Crippen molar-refractivity contribution in [3.63, 3.8) is 0 Å². The van der Waals surface area contributed by atoms with Crippen LogP contribution >= 0.6 is 0 Å². The second-order valence-corrected chi connectivity index (χ2v) is 17.3. The van der Waals surface area contributed by atoms with Crippen molar-refractivity contribution >= 4 is 38.4 Å². The number of benzene rings is 7. The number of hydrogen-bond donors (Lipinski definition) is 0. The van der Waals surface area contributed by atoms with Gasteiger partial charge in [-0.2, -0.15) is 0 Å². The molecule has 2 heterocycles. The van der Waals surface area contributed by atoms with Crippen LogP contribution in [0.5, 0.6) is 0 Å². The van der Waals surface area contributed by atoms with Crippen LogP contribution in [0.25, 0.3) is 94.0 Å². The Bertz CT molecular complexity index is 3100. The van der Waals surface area contributed by atoms with Crippen LogP contribution in [-0.4, -0.2) is 15.0 Å². The molecule has 2 aromatic heterocycles. The molecule has 59 heavy (non-hydrogen) atoms. The minimum atomic E-state index is 0.380. The summed E-state index contributed by atoms with van der Waals surface area (Å²) in [6, 6.07) is 52.9. The lowest BCUT2D eigenvalue weighted by Crippen LogP contribution is -2.48. The largest absolute Gasteiger partial charge is 0.455 e. The van der Waals surface area contributed by atoms with E-state index in [2.05, 4.69) is 83.7 Å². The second-order valence-electron chi connectivity index (χ2n) is 17.3. The first kappa shape index (κ1) is 34.2. The van der Waals surface area contributed by atoms with E-state index < -0.39 is 0 Å². The molecule has 4 aliphatic rings. The van der Waals surface area contributed by atoms with E-state index in [1.807, 2.05) is 72.8 Å². The topological polar surface area (TPSA) is 56.2 Å². The van der Waals surface area contributed by atoms with E-state index in [4.69, 9.17) is 25.9 Å². The molecule has 4 bridgehead atoms. The number of hydrogen-bond acceptors (Lipinski definition) is 4. The molecule has 0 N–H and O–H groups in total. The molecule has 4 fully saturated rings. The van der Waals surface area contributed by atoms with Crippen molar-refractivity contribution in [2.75, 3.05) is 0 Å². The average molecular weight is 761 g/mol. The van der Waals surface area contributed by atoms with Crippen molar-refractivity contribution in [1.82, 2.24) is 15.0 Å². The van der Waals surface area contributed by atoms with E-state index in [0.717, 1.165) is 72.9 Å². The second kappa shape index (κ2) is 13.3. The average Bonchev–Trinajstić information content (AvgIpc) is 3.67. The van der Waals surface area contributed by atoms with Gasteiger partial charge in [-0.05, 0) is 119 Å². The van der Waals surface area contributed by atoms with Crippen LogP contribution in [0.2, 0.25) is 0 Å². The summed E-state index contributed by atoms with van der Waals surface area (Å²) in [7, 11) is 0. The van der Waals surface area contributed by atoms with Crippen molar-refractivity contribution < 1.29 is 4.42 Å². The number of furan rings is 1. The van der Waals surface area contributed by atoms with E-state index in [1.165, 1.54) is 55.0 Å². The highest BCUT2D eigenvalue weighted by molar-refractivity contribution is 6.11. The van der Waals surface area contributed by atoms with Gasteiger partial charge in [-0.3, -0.25) is 0 Å². The molecule has 282 valence electrons. The molecule has 4 saturated carbocycles. The van der Waals surface area contributed by atoms with Crippen LogP contribution < -0.4 is 0 Å². The van der Waals surface area contributed by atoms with Gasteiger partial charge in [0, 0.05) is 33.0 Å². The predicted molar refractivity (Wildman–Crippen MR) is 238 cm³/mol. The van der Waals surface area contributed by atoms with Crippen LogP contribution in [0.15, 0.2) is 156 Å². The normalized spacial score (nSPS) is 20.7. The van der Waals surface area contributed by atoms with Crippen molar-refractivity contribution in [3.05, 3.63) is 169 Å². The fourth-order valence-corrected chi connectivity index (χ4v) is 11.4. The van der Waals surface area contributed by atoms with Crippen molar-refractivity contribution in [3.8, 4) is 56.4 Å². The molecule has 13 rings (SSSR count). The Labute approximate surface area is 343 Å². The lowest BCUT2D eigenvalue weighted by molar-refractivity contribution is -0.00518. The Morgan fingerprint density at radius 1 is 0.475 bits per heavy atom. The van der Waals surface area contributed by atoms with Crippen LogP contribution in [-0.2, 0) is 5.41 Å². The number of aromatic nitrogens is 3. The molecule has 9 aromatic rings. The van der Waals surface area contributed by atoms with Gasteiger partial charge in [-0.25, -0.2) is 19.8 Å². The zero-order valence-electron chi connectivity index (χ0n) is 32.6. The molecule has 0 unspecified atom stereocenters. The maximum Gasteiger partial charge on any atom is 0.187 e. The third-order valence-electron chi connectivity index (χ3n) is 13.7. The summed E-state index contributed by atoms with van der Waals surface area (Å²) in [5.41, 5.74) is 11.2. The van der Waals surface area contributed by atoms with Gasteiger partial charge in [0.1, 0.15) is 11.2 Å². The highest BCUT2D eigenvalue weighted by Crippen LogP contribution is 2.61. The number of fused-ring (bicyclic) bond motifs is 4. The van der Waals surface area contributed by atoms with Gasteiger partial charge in [-0.1, -0.05) is 127 Å². The van der Waals surface area contributed by atoms with Crippen molar-refractivity contribution in [1.29, 1.82) is 0 Å².